The number of nitrogens with zero attached hydrogens (tertiary/aromatic N) is 2. The zero-order chi connectivity index (χ0) is 25.4. The van der Waals surface area contributed by atoms with E-state index in [0.29, 0.717) is 11.1 Å². The molecule has 36 heavy (non-hydrogen) atoms. The average molecular weight is 486 g/mol. The van der Waals surface area contributed by atoms with Gasteiger partial charge < -0.3 is 14.6 Å². The maximum atomic E-state index is 12.9. The highest BCUT2D eigenvalue weighted by molar-refractivity contribution is 6.02. The second-order valence-electron chi connectivity index (χ2n) is 9.26. The molecule has 2 aromatic carbocycles. The van der Waals surface area contributed by atoms with Gasteiger partial charge >= 0.3 is 12.0 Å². The SMILES string of the molecule is Cc1cc(C(=O)COC(=O)c2ccc(CN3C(=O)CNC3=O)cc2)c(C)n1-c1ccc2c(c1)CCC2. The number of carbonyl (C=O) groups excluding carboxylic acids is 4. The molecule has 2 heterocycles. The zero-order valence-electron chi connectivity index (χ0n) is 20.3. The molecule has 1 aromatic heterocycles. The summed E-state index contributed by atoms with van der Waals surface area (Å²) in [5.74, 6) is -1.17. The molecule has 1 aliphatic heterocycles. The lowest BCUT2D eigenvalue weighted by atomic mass is 10.1. The van der Waals surface area contributed by atoms with Crippen LogP contribution in [0.2, 0.25) is 0 Å². The number of nitrogens with one attached hydrogen (secondary N) is 1. The number of amides is 3. The molecule has 0 bridgehead atoms. The van der Waals surface area contributed by atoms with E-state index in [4.69, 9.17) is 4.74 Å². The summed E-state index contributed by atoms with van der Waals surface area (Å²) >= 11 is 0. The minimum atomic E-state index is -0.614. The van der Waals surface area contributed by atoms with E-state index in [-0.39, 0.29) is 37.0 Å². The quantitative estimate of drug-likeness (QED) is 0.313. The first-order chi connectivity index (χ1) is 17.3. The summed E-state index contributed by atoms with van der Waals surface area (Å²) in [6, 6.07) is 14.3. The lowest BCUT2D eigenvalue weighted by Crippen LogP contribution is -2.30. The van der Waals surface area contributed by atoms with Gasteiger partial charge in [0.05, 0.1) is 18.7 Å². The molecule has 8 heteroatoms. The number of esters is 1. The first-order valence-electron chi connectivity index (χ1n) is 12.0. The van der Waals surface area contributed by atoms with Crippen molar-refractivity contribution in [1.82, 2.24) is 14.8 Å². The molecule has 3 aromatic rings. The fourth-order valence-electron chi connectivity index (χ4n) is 4.98. The van der Waals surface area contributed by atoms with E-state index >= 15 is 0 Å². The van der Waals surface area contributed by atoms with Crippen LogP contribution in [-0.2, 0) is 28.9 Å². The number of rotatable bonds is 7. The third-order valence-electron chi connectivity index (χ3n) is 6.87. The average Bonchev–Trinajstić information content (AvgIpc) is 3.55. The summed E-state index contributed by atoms with van der Waals surface area (Å²) in [7, 11) is 0. The van der Waals surface area contributed by atoms with E-state index in [9.17, 15) is 19.2 Å². The van der Waals surface area contributed by atoms with Crippen LogP contribution in [0.25, 0.3) is 5.69 Å². The van der Waals surface area contributed by atoms with Crippen LogP contribution >= 0.6 is 0 Å². The lowest BCUT2D eigenvalue weighted by Gasteiger charge is -2.12. The van der Waals surface area contributed by atoms with Gasteiger partial charge in [-0.25, -0.2) is 9.59 Å². The van der Waals surface area contributed by atoms with E-state index in [1.807, 2.05) is 19.9 Å². The fraction of sp³-hybridized carbons (Fsp3) is 0.286. The second-order valence-corrected chi connectivity index (χ2v) is 9.26. The van der Waals surface area contributed by atoms with Gasteiger partial charge in [0.25, 0.3) is 0 Å². The number of hydrogen-bond donors (Lipinski definition) is 1. The number of carbonyl (C=O) groups is 4. The van der Waals surface area contributed by atoms with Crippen LogP contribution in [0.15, 0.2) is 48.5 Å². The number of aromatic nitrogens is 1. The van der Waals surface area contributed by atoms with Gasteiger partial charge in [0, 0.05) is 22.6 Å². The lowest BCUT2D eigenvalue weighted by molar-refractivity contribution is -0.125. The second kappa shape index (κ2) is 9.45. The van der Waals surface area contributed by atoms with Gasteiger partial charge in [0.1, 0.15) is 0 Å². The van der Waals surface area contributed by atoms with Gasteiger partial charge in [-0.1, -0.05) is 18.2 Å². The monoisotopic (exact) mass is 485 g/mol. The van der Waals surface area contributed by atoms with E-state index in [0.717, 1.165) is 34.8 Å². The van der Waals surface area contributed by atoms with E-state index < -0.39 is 12.0 Å². The van der Waals surface area contributed by atoms with Crippen molar-refractivity contribution in [2.45, 2.75) is 39.7 Å². The van der Waals surface area contributed by atoms with E-state index in [1.54, 1.807) is 24.3 Å². The summed E-state index contributed by atoms with van der Waals surface area (Å²) < 4.78 is 7.36. The molecule has 0 unspecified atom stereocenters. The summed E-state index contributed by atoms with van der Waals surface area (Å²) in [4.78, 5) is 50.0. The van der Waals surface area contributed by atoms with Crippen LogP contribution in [-0.4, -0.2) is 46.3 Å². The van der Waals surface area contributed by atoms with Gasteiger partial charge in [0.15, 0.2) is 6.61 Å². The van der Waals surface area contributed by atoms with Gasteiger partial charge in [0.2, 0.25) is 11.7 Å². The van der Waals surface area contributed by atoms with Gasteiger partial charge in [-0.05, 0) is 80.1 Å². The number of benzene rings is 2. The third kappa shape index (κ3) is 4.42. The molecule has 0 saturated carbocycles. The van der Waals surface area contributed by atoms with Crippen molar-refractivity contribution in [2.24, 2.45) is 0 Å². The Hall–Kier alpha value is -4.20. The molecule has 1 N–H and O–H groups in total. The van der Waals surface area contributed by atoms with Crippen LogP contribution in [0.1, 0.15) is 55.2 Å². The third-order valence-corrected chi connectivity index (χ3v) is 6.87. The van der Waals surface area contributed by atoms with Crippen molar-refractivity contribution in [2.75, 3.05) is 13.2 Å². The summed E-state index contributed by atoms with van der Waals surface area (Å²) in [5, 5.41) is 2.47. The molecule has 184 valence electrons. The molecular formula is C28H27N3O5. The molecular weight excluding hydrogens is 458 g/mol. The molecule has 2 aliphatic rings. The Morgan fingerprint density at radius 2 is 1.72 bits per heavy atom. The van der Waals surface area contributed by atoms with Crippen molar-refractivity contribution in [3.05, 3.63) is 87.7 Å². The number of fused-ring (bicyclic) bond motifs is 1. The minimum Gasteiger partial charge on any atom is -0.454 e. The summed E-state index contributed by atoms with van der Waals surface area (Å²) in [6.07, 6.45) is 3.37. The predicted octanol–water partition coefficient (Wildman–Crippen LogP) is 3.67. The maximum Gasteiger partial charge on any atom is 0.338 e. The smallest absolute Gasteiger partial charge is 0.338 e. The van der Waals surface area contributed by atoms with Gasteiger partial charge in [-0.3, -0.25) is 14.5 Å². The van der Waals surface area contributed by atoms with Gasteiger partial charge in [-0.2, -0.15) is 0 Å². The highest BCUT2D eigenvalue weighted by Gasteiger charge is 2.28. The molecule has 1 fully saturated rings. The Kier molecular flexibility index (Phi) is 6.18. The molecule has 1 aliphatic carbocycles. The van der Waals surface area contributed by atoms with Crippen LogP contribution in [0.5, 0.6) is 0 Å². The molecule has 0 spiro atoms. The van der Waals surface area contributed by atoms with Crippen LogP contribution in [0, 0.1) is 13.8 Å². The molecule has 0 radical (unpaired) electrons. The Balaban J connectivity index is 1.23. The first kappa shape index (κ1) is 23.5. The molecule has 5 rings (SSSR count). The number of aryl methyl sites for hydroxylation is 3. The van der Waals surface area contributed by atoms with Crippen molar-refractivity contribution < 1.29 is 23.9 Å². The summed E-state index contributed by atoms with van der Waals surface area (Å²) in [5.41, 5.74) is 7.08. The van der Waals surface area contributed by atoms with Crippen molar-refractivity contribution in [1.29, 1.82) is 0 Å². The van der Waals surface area contributed by atoms with Crippen LogP contribution < -0.4 is 5.32 Å². The van der Waals surface area contributed by atoms with Gasteiger partial charge in [-0.15, -0.1) is 0 Å². The Bertz CT molecular complexity index is 1370. The number of ketones is 1. The highest BCUT2D eigenvalue weighted by Crippen LogP contribution is 2.27. The maximum absolute atomic E-state index is 12.9. The van der Waals surface area contributed by atoms with Crippen LogP contribution in [0.4, 0.5) is 4.79 Å². The molecule has 8 nitrogen and oxygen atoms in total. The van der Waals surface area contributed by atoms with E-state index in [2.05, 4.69) is 28.1 Å². The van der Waals surface area contributed by atoms with E-state index in [1.165, 1.54) is 17.5 Å². The Morgan fingerprint density at radius 3 is 2.44 bits per heavy atom. The number of urea groups is 1. The predicted molar refractivity (Wildman–Crippen MR) is 132 cm³/mol. The number of hydrogen-bond acceptors (Lipinski definition) is 5. The summed E-state index contributed by atoms with van der Waals surface area (Å²) in [6.45, 7) is 3.62. The standard InChI is InChI=1S/C28H27N3O5/c1-17-12-24(18(2)31(17)23-11-10-20-4-3-5-22(20)13-23)25(32)16-36-27(34)21-8-6-19(7-9-21)15-30-26(33)14-29-28(30)35/h6-13H,3-5,14-16H2,1-2H3,(H,29,35). The van der Waals surface area contributed by atoms with Crippen LogP contribution in [0.3, 0.4) is 0 Å². The van der Waals surface area contributed by atoms with Crippen molar-refractivity contribution in [3.8, 4) is 5.69 Å². The van der Waals surface area contributed by atoms with Crippen molar-refractivity contribution in [3.63, 3.8) is 0 Å². The molecule has 1 saturated heterocycles. The topological polar surface area (TPSA) is 97.7 Å². The fourth-order valence-corrected chi connectivity index (χ4v) is 4.98. The Morgan fingerprint density at radius 1 is 0.972 bits per heavy atom. The number of imide groups is 1. The minimum absolute atomic E-state index is 0.00697. The molecule has 0 atom stereocenters. The number of ether oxygens (including phenoxy) is 1. The Labute approximate surface area is 208 Å². The largest absolute Gasteiger partial charge is 0.454 e. The number of Topliss-reactive ketones (excluding diaryl/α,β-unsaturated/α-hetero) is 1. The molecule has 3 amide bonds. The first-order valence-corrected chi connectivity index (χ1v) is 12.0. The normalized spacial score (nSPS) is 14.7. The van der Waals surface area contributed by atoms with Crippen molar-refractivity contribution >= 4 is 23.7 Å². The highest BCUT2D eigenvalue weighted by atomic mass is 16.5. The zero-order valence-corrected chi connectivity index (χ0v) is 20.3.